The first-order valence-corrected chi connectivity index (χ1v) is 21.6. The summed E-state index contributed by atoms with van der Waals surface area (Å²) in [4.78, 5) is 2.46. The molecule has 62 heavy (non-hydrogen) atoms. The summed E-state index contributed by atoms with van der Waals surface area (Å²) >= 11 is 0. The van der Waals surface area contributed by atoms with Gasteiger partial charge in [-0.1, -0.05) is 208 Å². The number of fused-ring (bicyclic) bond motifs is 4. The molecule has 1 aliphatic rings. The van der Waals surface area contributed by atoms with Crippen LogP contribution in [0.4, 0.5) is 17.1 Å². The Hall–Kier alpha value is -7.74. The Balaban J connectivity index is 1.12. The highest BCUT2D eigenvalue weighted by Gasteiger charge is 2.35. The highest BCUT2D eigenvalue weighted by Crippen LogP contribution is 2.51. The molecule has 1 heteroatoms. The fraction of sp³-hybridized carbons (Fsp3) is 0.0492. The van der Waals surface area contributed by atoms with E-state index in [0.717, 1.165) is 17.1 Å². The Bertz CT molecular complexity index is 3250. The first-order chi connectivity index (χ1) is 30.5. The number of hydrogen-bond donors (Lipinski definition) is 0. The zero-order valence-electron chi connectivity index (χ0n) is 35.0. The van der Waals surface area contributed by atoms with E-state index in [2.05, 4.69) is 255 Å². The van der Waals surface area contributed by atoms with Gasteiger partial charge in [0.1, 0.15) is 0 Å². The molecule has 0 unspecified atom stereocenters. The highest BCUT2D eigenvalue weighted by molar-refractivity contribution is 6.01. The first-order valence-electron chi connectivity index (χ1n) is 21.6. The third kappa shape index (κ3) is 6.51. The fourth-order valence-electron chi connectivity index (χ4n) is 9.75. The molecule has 0 fully saturated rings. The Morgan fingerprint density at radius 1 is 0.290 bits per heavy atom. The van der Waals surface area contributed by atoms with Crippen molar-refractivity contribution in [1.82, 2.24) is 0 Å². The van der Waals surface area contributed by atoms with Crippen LogP contribution in [-0.2, 0) is 5.41 Å². The molecule has 0 bridgehead atoms. The molecule has 10 aromatic rings. The second kappa shape index (κ2) is 15.4. The van der Waals surface area contributed by atoms with Crippen molar-refractivity contribution in [2.75, 3.05) is 4.90 Å². The highest BCUT2D eigenvalue weighted by atomic mass is 15.1. The van der Waals surface area contributed by atoms with Gasteiger partial charge in [0, 0.05) is 22.4 Å². The molecule has 0 aromatic heterocycles. The van der Waals surface area contributed by atoms with E-state index in [-0.39, 0.29) is 5.41 Å². The predicted octanol–water partition coefficient (Wildman–Crippen LogP) is 17.0. The van der Waals surface area contributed by atoms with Crippen LogP contribution in [0.3, 0.4) is 0 Å². The summed E-state index contributed by atoms with van der Waals surface area (Å²) in [5, 5.41) is 2.49. The van der Waals surface area contributed by atoms with E-state index in [4.69, 9.17) is 0 Å². The molecule has 0 amide bonds. The predicted molar refractivity (Wildman–Crippen MR) is 263 cm³/mol. The fourth-order valence-corrected chi connectivity index (χ4v) is 9.75. The van der Waals surface area contributed by atoms with Crippen molar-refractivity contribution in [3.63, 3.8) is 0 Å². The van der Waals surface area contributed by atoms with Crippen molar-refractivity contribution in [1.29, 1.82) is 0 Å². The molecule has 294 valence electrons. The van der Waals surface area contributed by atoms with Crippen molar-refractivity contribution < 1.29 is 0 Å². The van der Waals surface area contributed by atoms with E-state index in [9.17, 15) is 0 Å². The Morgan fingerprint density at radius 2 is 0.823 bits per heavy atom. The van der Waals surface area contributed by atoms with E-state index in [1.807, 2.05) is 0 Å². The summed E-state index contributed by atoms with van der Waals surface area (Å²) in [5.74, 6) is 0. The summed E-state index contributed by atoms with van der Waals surface area (Å²) in [6, 6.07) is 86.7. The maximum atomic E-state index is 2.46. The first kappa shape index (κ1) is 37.3. The lowest BCUT2D eigenvalue weighted by Gasteiger charge is -2.30. The van der Waals surface area contributed by atoms with Crippen LogP contribution in [0.15, 0.2) is 237 Å². The summed E-state index contributed by atoms with van der Waals surface area (Å²) < 4.78 is 0. The zero-order valence-corrected chi connectivity index (χ0v) is 35.0. The second-order valence-electron chi connectivity index (χ2n) is 16.9. The third-order valence-corrected chi connectivity index (χ3v) is 12.9. The molecule has 11 rings (SSSR count). The molecule has 0 radical (unpaired) electrons. The number of rotatable bonds is 8. The van der Waals surface area contributed by atoms with E-state index in [1.54, 1.807) is 0 Å². The van der Waals surface area contributed by atoms with Gasteiger partial charge in [-0.3, -0.25) is 0 Å². The lowest BCUT2D eigenvalue weighted by Crippen LogP contribution is -2.15. The van der Waals surface area contributed by atoms with Crippen LogP contribution in [0.5, 0.6) is 0 Å². The smallest absolute Gasteiger partial charge is 0.0546 e. The number of anilines is 3. The molecule has 1 nitrogen and oxygen atoms in total. The average molecular weight is 792 g/mol. The topological polar surface area (TPSA) is 3.24 Å². The summed E-state index contributed by atoms with van der Waals surface area (Å²) in [5.41, 5.74) is 20.5. The van der Waals surface area contributed by atoms with Crippen molar-refractivity contribution in [3.05, 3.63) is 248 Å². The van der Waals surface area contributed by atoms with Crippen molar-refractivity contribution in [2.45, 2.75) is 19.3 Å². The molecule has 0 atom stereocenters. The quantitative estimate of drug-likeness (QED) is 0.148. The molecule has 0 saturated heterocycles. The van der Waals surface area contributed by atoms with Gasteiger partial charge in [0.25, 0.3) is 0 Å². The molecule has 0 saturated carbocycles. The van der Waals surface area contributed by atoms with Crippen LogP contribution >= 0.6 is 0 Å². The van der Waals surface area contributed by atoms with E-state index in [1.165, 1.54) is 88.7 Å². The SMILES string of the molecule is CC1(C)c2ccccc2-c2ccc(-c3cccc(N(c4ccc(-c5ccc6ccccc6c5)cc4)c4cccc(-c5ccccc5)c4-c4ccccc4-c4ccccc4)c3)cc21. The van der Waals surface area contributed by atoms with E-state index < -0.39 is 0 Å². The van der Waals surface area contributed by atoms with Crippen molar-refractivity contribution >= 4 is 27.8 Å². The van der Waals surface area contributed by atoms with E-state index in [0.29, 0.717) is 0 Å². The molecular weight excluding hydrogens is 747 g/mol. The molecule has 1 aliphatic carbocycles. The zero-order chi connectivity index (χ0) is 41.6. The van der Waals surface area contributed by atoms with Gasteiger partial charge in [-0.2, -0.15) is 0 Å². The van der Waals surface area contributed by atoms with Crippen LogP contribution in [0.1, 0.15) is 25.0 Å². The Kier molecular flexibility index (Phi) is 9.24. The molecule has 10 aromatic carbocycles. The number of nitrogens with zero attached hydrogens (tertiary/aromatic N) is 1. The lowest BCUT2D eigenvalue weighted by molar-refractivity contribution is 0.660. The van der Waals surface area contributed by atoms with Gasteiger partial charge in [0.2, 0.25) is 0 Å². The molecule has 0 spiro atoms. The van der Waals surface area contributed by atoms with Gasteiger partial charge in [0.05, 0.1) is 5.69 Å². The van der Waals surface area contributed by atoms with Gasteiger partial charge in [-0.05, 0) is 126 Å². The lowest BCUT2D eigenvalue weighted by atomic mass is 9.81. The van der Waals surface area contributed by atoms with Gasteiger partial charge in [-0.15, -0.1) is 0 Å². The molecule has 0 aliphatic heterocycles. The minimum absolute atomic E-state index is 0.0860. The van der Waals surface area contributed by atoms with Crippen molar-refractivity contribution in [2.24, 2.45) is 0 Å². The summed E-state index contributed by atoms with van der Waals surface area (Å²) in [6.45, 7) is 4.71. The average Bonchev–Trinajstić information content (AvgIpc) is 3.57. The Morgan fingerprint density at radius 3 is 1.60 bits per heavy atom. The van der Waals surface area contributed by atoms with Crippen LogP contribution in [0.25, 0.3) is 77.5 Å². The third-order valence-electron chi connectivity index (χ3n) is 12.9. The maximum absolute atomic E-state index is 2.46. The summed E-state index contributed by atoms with van der Waals surface area (Å²) in [6.07, 6.45) is 0. The maximum Gasteiger partial charge on any atom is 0.0546 e. The monoisotopic (exact) mass is 791 g/mol. The van der Waals surface area contributed by atoms with Gasteiger partial charge in [0.15, 0.2) is 0 Å². The van der Waals surface area contributed by atoms with Gasteiger partial charge >= 0.3 is 0 Å². The van der Waals surface area contributed by atoms with E-state index >= 15 is 0 Å². The van der Waals surface area contributed by atoms with Crippen LogP contribution in [0.2, 0.25) is 0 Å². The molecule has 0 heterocycles. The van der Waals surface area contributed by atoms with Crippen molar-refractivity contribution in [3.8, 4) is 66.8 Å². The largest absolute Gasteiger partial charge is 0.310 e. The number of benzene rings is 10. The molecular formula is C61H45N. The van der Waals surface area contributed by atoms with Gasteiger partial charge < -0.3 is 4.90 Å². The van der Waals surface area contributed by atoms with Gasteiger partial charge in [-0.25, -0.2) is 0 Å². The van der Waals surface area contributed by atoms with Crippen LogP contribution in [0, 0.1) is 0 Å². The summed E-state index contributed by atoms with van der Waals surface area (Å²) in [7, 11) is 0. The second-order valence-corrected chi connectivity index (χ2v) is 16.9. The van der Waals surface area contributed by atoms with Crippen LogP contribution in [-0.4, -0.2) is 0 Å². The number of hydrogen-bond acceptors (Lipinski definition) is 1. The minimum atomic E-state index is -0.0860. The minimum Gasteiger partial charge on any atom is -0.310 e. The standard InChI is InChI=1S/C61H45N/c1-61(2)57-29-14-13-26-54(57)55-38-35-49(41-58(55)61)47-23-15-24-51(40-47)62(50-36-33-43(34-37-50)48-32-31-42-17-9-10-22-46(42)39-48)59-30-16-28-53(45-20-7-4-8-21-45)60(59)56-27-12-11-25-52(56)44-18-5-3-6-19-44/h3-41H,1-2H3. The molecule has 0 N–H and O–H groups in total. The van der Waals surface area contributed by atoms with Crippen LogP contribution < -0.4 is 4.90 Å². The normalized spacial score (nSPS) is 12.5. The Labute approximate surface area is 364 Å².